The molecule has 0 aliphatic heterocycles. The number of nitrogens with one attached hydrogen (secondary N) is 1. The zero-order chi connectivity index (χ0) is 12.5. The SMILES string of the molecule is CS[C@H]1CCC[C@H](NC(=O)C2(C(=O)O)CC2)C1. The van der Waals surface area contributed by atoms with E-state index in [2.05, 4.69) is 11.6 Å². The number of carboxylic acid groups (broad SMARTS) is 1. The van der Waals surface area contributed by atoms with E-state index in [0.717, 1.165) is 19.3 Å². The third kappa shape index (κ3) is 2.59. The van der Waals surface area contributed by atoms with Crippen LogP contribution in [0.1, 0.15) is 38.5 Å². The third-order valence-electron chi connectivity index (χ3n) is 3.89. The van der Waals surface area contributed by atoms with Gasteiger partial charge in [-0.3, -0.25) is 9.59 Å². The molecular weight excluding hydrogens is 238 g/mol. The Morgan fingerprint density at radius 3 is 2.59 bits per heavy atom. The Labute approximate surface area is 106 Å². The summed E-state index contributed by atoms with van der Waals surface area (Å²) in [6.45, 7) is 0. The quantitative estimate of drug-likeness (QED) is 0.751. The third-order valence-corrected chi connectivity index (χ3v) is 4.98. The fraction of sp³-hybridized carbons (Fsp3) is 0.833. The van der Waals surface area contributed by atoms with Crippen LogP contribution in [-0.2, 0) is 9.59 Å². The molecule has 0 radical (unpaired) electrons. The van der Waals surface area contributed by atoms with Crippen molar-refractivity contribution in [3.63, 3.8) is 0 Å². The molecule has 2 rings (SSSR count). The monoisotopic (exact) mass is 257 g/mol. The van der Waals surface area contributed by atoms with E-state index in [0.29, 0.717) is 18.1 Å². The number of thioether (sulfide) groups is 1. The first-order valence-corrected chi connectivity index (χ1v) is 7.44. The highest BCUT2D eigenvalue weighted by molar-refractivity contribution is 7.99. The van der Waals surface area contributed by atoms with Gasteiger partial charge >= 0.3 is 5.97 Å². The smallest absolute Gasteiger partial charge is 0.319 e. The van der Waals surface area contributed by atoms with E-state index < -0.39 is 11.4 Å². The fourth-order valence-electron chi connectivity index (χ4n) is 2.48. The van der Waals surface area contributed by atoms with Crippen LogP contribution >= 0.6 is 11.8 Å². The van der Waals surface area contributed by atoms with Crippen molar-refractivity contribution in [1.29, 1.82) is 0 Å². The van der Waals surface area contributed by atoms with E-state index in [1.54, 1.807) is 0 Å². The minimum atomic E-state index is -1.09. The lowest BCUT2D eigenvalue weighted by molar-refractivity contribution is -0.149. The highest BCUT2D eigenvalue weighted by Crippen LogP contribution is 2.46. The lowest BCUT2D eigenvalue weighted by Gasteiger charge is -2.29. The predicted molar refractivity (Wildman–Crippen MR) is 67.0 cm³/mol. The van der Waals surface area contributed by atoms with Gasteiger partial charge in [-0.1, -0.05) is 6.42 Å². The maximum atomic E-state index is 11.9. The summed E-state index contributed by atoms with van der Waals surface area (Å²) in [7, 11) is 0. The van der Waals surface area contributed by atoms with Gasteiger partial charge in [0.2, 0.25) is 5.91 Å². The number of hydrogen-bond acceptors (Lipinski definition) is 3. The zero-order valence-corrected chi connectivity index (χ0v) is 10.9. The van der Waals surface area contributed by atoms with E-state index in [1.165, 1.54) is 6.42 Å². The number of carboxylic acids is 1. The lowest BCUT2D eigenvalue weighted by atomic mass is 9.94. The number of carbonyl (C=O) groups is 2. The normalized spacial score (nSPS) is 30.6. The first-order valence-electron chi connectivity index (χ1n) is 6.15. The summed E-state index contributed by atoms with van der Waals surface area (Å²) in [4.78, 5) is 23.0. The van der Waals surface area contributed by atoms with Crippen LogP contribution in [0.4, 0.5) is 0 Å². The number of amides is 1. The first kappa shape index (κ1) is 12.7. The van der Waals surface area contributed by atoms with Crippen LogP contribution in [0.15, 0.2) is 0 Å². The Balaban J connectivity index is 1.89. The molecule has 5 heteroatoms. The van der Waals surface area contributed by atoms with E-state index in [4.69, 9.17) is 5.11 Å². The van der Waals surface area contributed by atoms with Gasteiger partial charge in [-0.25, -0.2) is 0 Å². The van der Waals surface area contributed by atoms with E-state index in [9.17, 15) is 9.59 Å². The summed E-state index contributed by atoms with van der Waals surface area (Å²) in [5.41, 5.74) is -1.09. The highest BCUT2D eigenvalue weighted by atomic mass is 32.2. The van der Waals surface area contributed by atoms with Gasteiger partial charge in [0.1, 0.15) is 5.41 Å². The van der Waals surface area contributed by atoms with Gasteiger partial charge in [0, 0.05) is 11.3 Å². The molecular formula is C12H19NO3S. The highest BCUT2D eigenvalue weighted by Gasteiger charge is 2.57. The molecule has 2 saturated carbocycles. The summed E-state index contributed by atoms with van der Waals surface area (Å²) in [5, 5.41) is 12.6. The molecule has 0 aromatic rings. The Morgan fingerprint density at radius 2 is 2.06 bits per heavy atom. The van der Waals surface area contributed by atoms with Crippen LogP contribution in [-0.4, -0.2) is 34.5 Å². The largest absolute Gasteiger partial charge is 0.480 e. The Morgan fingerprint density at radius 1 is 1.35 bits per heavy atom. The average molecular weight is 257 g/mol. The summed E-state index contributed by atoms with van der Waals surface area (Å²) in [6, 6.07) is 0.172. The summed E-state index contributed by atoms with van der Waals surface area (Å²) in [6.07, 6.45) is 7.36. The second-order valence-electron chi connectivity index (χ2n) is 5.08. The van der Waals surface area contributed by atoms with Gasteiger partial charge in [0.05, 0.1) is 0 Å². The van der Waals surface area contributed by atoms with Crippen molar-refractivity contribution in [2.45, 2.75) is 49.8 Å². The second-order valence-corrected chi connectivity index (χ2v) is 6.22. The van der Waals surface area contributed by atoms with Gasteiger partial charge in [0.25, 0.3) is 0 Å². The lowest BCUT2D eigenvalue weighted by Crippen LogP contribution is -2.45. The van der Waals surface area contributed by atoms with Crippen molar-refractivity contribution in [2.75, 3.05) is 6.26 Å². The molecule has 1 amide bonds. The minimum Gasteiger partial charge on any atom is -0.480 e. The Kier molecular flexibility index (Phi) is 3.66. The van der Waals surface area contributed by atoms with E-state index in [-0.39, 0.29) is 11.9 Å². The molecule has 17 heavy (non-hydrogen) atoms. The molecule has 0 spiro atoms. The van der Waals surface area contributed by atoms with Crippen LogP contribution < -0.4 is 5.32 Å². The second kappa shape index (κ2) is 4.88. The average Bonchev–Trinajstić information content (AvgIpc) is 3.10. The van der Waals surface area contributed by atoms with Gasteiger partial charge < -0.3 is 10.4 Å². The molecule has 2 aliphatic rings. The molecule has 4 nitrogen and oxygen atoms in total. The standard InChI is InChI=1S/C12H19NO3S/c1-17-9-4-2-3-8(7-9)13-10(14)12(5-6-12)11(15)16/h8-9H,2-7H2,1H3,(H,13,14)(H,15,16)/t8-,9-/m0/s1. The molecule has 2 fully saturated rings. The number of hydrogen-bond donors (Lipinski definition) is 2. The molecule has 0 aromatic heterocycles. The van der Waals surface area contributed by atoms with Gasteiger partial charge in [-0.2, -0.15) is 11.8 Å². The van der Waals surface area contributed by atoms with Crippen molar-refractivity contribution in [1.82, 2.24) is 5.32 Å². The molecule has 2 aliphatic carbocycles. The molecule has 0 bridgehead atoms. The van der Waals surface area contributed by atoms with Crippen LogP contribution in [0.3, 0.4) is 0 Å². The number of rotatable bonds is 4. The topological polar surface area (TPSA) is 66.4 Å². The van der Waals surface area contributed by atoms with E-state index in [1.807, 2.05) is 11.8 Å². The fourth-order valence-corrected chi connectivity index (χ4v) is 3.30. The number of aliphatic carboxylic acids is 1. The number of carbonyl (C=O) groups excluding carboxylic acids is 1. The summed E-state index contributed by atoms with van der Waals surface area (Å²) >= 11 is 1.84. The zero-order valence-electron chi connectivity index (χ0n) is 10.1. The van der Waals surface area contributed by atoms with Crippen molar-refractivity contribution in [2.24, 2.45) is 5.41 Å². The predicted octanol–water partition coefficient (Wildman–Crippen LogP) is 1.64. The van der Waals surface area contributed by atoms with Crippen molar-refractivity contribution >= 4 is 23.6 Å². The minimum absolute atomic E-state index is 0.172. The van der Waals surface area contributed by atoms with Crippen molar-refractivity contribution in [3.05, 3.63) is 0 Å². The first-order chi connectivity index (χ1) is 8.08. The molecule has 0 unspecified atom stereocenters. The molecule has 2 N–H and O–H groups in total. The van der Waals surface area contributed by atoms with Crippen LogP contribution in [0.2, 0.25) is 0 Å². The molecule has 0 heterocycles. The molecule has 0 aromatic carbocycles. The maximum Gasteiger partial charge on any atom is 0.319 e. The molecule has 96 valence electrons. The van der Waals surface area contributed by atoms with Crippen molar-refractivity contribution in [3.8, 4) is 0 Å². The Bertz CT molecular complexity index is 328. The maximum absolute atomic E-state index is 11.9. The molecule has 2 atom stereocenters. The summed E-state index contributed by atoms with van der Waals surface area (Å²) < 4.78 is 0. The van der Waals surface area contributed by atoms with Gasteiger partial charge in [0.15, 0.2) is 0 Å². The van der Waals surface area contributed by atoms with Crippen molar-refractivity contribution < 1.29 is 14.7 Å². The van der Waals surface area contributed by atoms with E-state index >= 15 is 0 Å². The molecule has 0 saturated heterocycles. The van der Waals surface area contributed by atoms with Gasteiger partial charge in [-0.15, -0.1) is 0 Å². The van der Waals surface area contributed by atoms with Crippen LogP contribution in [0.5, 0.6) is 0 Å². The van der Waals surface area contributed by atoms with Crippen LogP contribution in [0.25, 0.3) is 0 Å². The van der Waals surface area contributed by atoms with Crippen LogP contribution in [0, 0.1) is 5.41 Å². The Hall–Kier alpha value is -0.710. The van der Waals surface area contributed by atoms with Gasteiger partial charge in [-0.05, 0) is 38.4 Å². The summed E-state index contributed by atoms with van der Waals surface area (Å²) in [5.74, 6) is -1.23.